The maximum atomic E-state index is 13.9. The molecule has 0 spiro atoms. The standard InChI is InChI=1S/C36H27F3N2O5S2/c1-24-33(47(44)30-17-13-26(14-18-30)12-11-25-7-4-3-5-8-25)22-32(34(42)40-23-27-15-19-31(20-16-27)48(2,45)46)35(43)41(24)29-10-6-9-28(21-29)36(37,38)39/h3-10,13-22H,23H2,1-2H3,(H,40,42). The Labute approximate surface area is 278 Å². The molecular formula is C36H27F3N2O5S2. The molecule has 0 bridgehead atoms. The molecule has 1 atom stereocenters. The number of nitrogens with zero attached hydrogens (tertiary/aromatic N) is 1. The molecule has 0 radical (unpaired) electrons. The van der Waals surface area contributed by atoms with Crippen LogP contribution < -0.4 is 10.9 Å². The van der Waals surface area contributed by atoms with Crippen molar-refractivity contribution in [3.8, 4) is 17.5 Å². The van der Waals surface area contributed by atoms with Crippen LogP contribution in [0.5, 0.6) is 0 Å². The number of benzene rings is 4. The molecule has 0 fully saturated rings. The topological polar surface area (TPSA) is 108 Å². The Morgan fingerprint density at radius 2 is 1.50 bits per heavy atom. The van der Waals surface area contributed by atoms with E-state index in [1.165, 1.54) is 43.3 Å². The fraction of sp³-hybridized carbons (Fsp3) is 0.111. The van der Waals surface area contributed by atoms with Gasteiger partial charge in [0.05, 0.1) is 16.2 Å². The molecule has 0 aliphatic rings. The lowest BCUT2D eigenvalue weighted by Gasteiger charge is -2.19. The van der Waals surface area contributed by atoms with Crippen molar-refractivity contribution < 1.29 is 30.9 Å². The van der Waals surface area contributed by atoms with Gasteiger partial charge in [-0.25, -0.2) is 8.42 Å². The highest BCUT2D eigenvalue weighted by Crippen LogP contribution is 2.31. The molecule has 1 N–H and O–H groups in total. The first-order valence-corrected chi connectivity index (χ1v) is 17.4. The number of rotatable bonds is 7. The van der Waals surface area contributed by atoms with Crippen molar-refractivity contribution in [1.29, 1.82) is 0 Å². The maximum Gasteiger partial charge on any atom is 0.416 e. The van der Waals surface area contributed by atoms with Gasteiger partial charge >= 0.3 is 6.18 Å². The molecule has 1 aromatic heterocycles. The Kier molecular flexibility index (Phi) is 9.95. The predicted molar refractivity (Wildman–Crippen MR) is 176 cm³/mol. The third-order valence-electron chi connectivity index (χ3n) is 7.27. The third-order valence-corrected chi connectivity index (χ3v) is 9.92. The fourth-order valence-corrected chi connectivity index (χ4v) is 6.60. The van der Waals surface area contributed by atoms with Crippen LogP contribution in [0.25, 0.3) is 5.69 Å². The van der Waals surface area contributed by atoms with Gasteiger partial charge in [-0.05, 0) is 79.2 Å². The van der Waals surface area contributed by atoms with E-state index in [1.54, 1.807) is 24.3 Å². The highest BCUT2D eigenvalue weighted by atomic mass is 32.2. The lowest BCUT2D eigenvalue weighted by molar-refractivity contribution is -0.137. The second kappa shape index (κ2) is 13.9. The van der Waals surface area contributed by atoms with E-state index in [1.807, 2.05) is 30.3 Å². The molecule has 0 saturated carbocycles. The zero-order valence-corrected chi connectivity index (χ0v) is 27.2. The fourth-order valence-electron chi connectivity index (χ4n) is 4.75. The summed E-state index contributed by atoms with van der Waals surface area (Å²) in [5.41, 5.74) is -0.455. The van der Waals surface area contributed by atoms with Crippen LogP contribution in [-0.2, 0) is 33.7 Å². The van der Waals surface area contributed by atoms with Crippen molar-refractivity contribution in [2.75, 3.05) is 6.26 Å². The summed E-state index contributed by atoms with van der Waals surface area (Å²) in [6.45, 7) is 1.35. The van der Waals surface area contributed by atoms with Gasteiger partial charge in [-0.1, -0.05) is 48.2 Å². The van der Waals surface area contributed by atoms with Gasteiger partial charge in [0, 0.05) is 46.9 Å². The average Bonchev–Trinajstić information content (AvgIpc) is 3.06. The van der Waals surface area contributed by atoms with E-state index in [4.69, 9.17) is 0 Å². The lowest BCUT2D eigenvalue weighted by atomic mass is 10.1. The molecule has 48 heavy (non-hydrogen) atoms. The summed E-state index contributed by atoms with van der Waals surface area (Å²) in [6, 6.07) is 26.9. The van der Waals surface area contributed by atoms with Gasteiger partial charge in [-0.2, -0.15) is 13.2 Å². The number of amides is 1. The first-order valence-electron chi connectivity index (χ1n) is 14.3. The maximum absolute atomic E-state index is 13.9. The quantitative estimate of drug-likeness (QED) is 0.165. The van der Waals surface area contributed by atoms with E-state index in [2.05, 4.69) is 17.2 Å². The van der Waals surface area contributed by atoms with Crippen LogP contribution in [0.15, 0.2) is 129 Å². The molecular weight excluding hydrogens is 662 g/mol. The number of sulfone groups is 1. The number of halogens is 3. The summed E-state index contributed by atoms with van der Waals surface area (Å²) in [4.78, 5) is 27.6. The van der Waals surface area contributed by atoms with Crippen LogP contribution in [0.1, 0.15) is 38.3 Å². The molecule has 0 aliphatic heterocycles. The number of carbonyl (C=O) groups is 1. The van der Waals surface area contributed by atoms with Crippen molar-refractivity contribution in [3.63, 3.8) is 0 Å². The Morgan fingerprint density at radius 1 is 0.875 bits per heavy atom. The average molecular weight is 689 g/mol. The van der Waals surface area contributed by atoms with Gasteiger partial charge in [0.2, 0.25) is 0 Å². The summed E-state index contributed by atoms with van der Waals surface area (Å²) in [6.07, 6.45) is -3.64. The molecule has 5 rings (SSSR count). The van der Waals surface area contributed by atoms with E-state index in [9.17, 15) is 35.7 Å². The zero-order chi connectivity index (χ0) is 34.6. The smallest absolute Gasteiger partial charge is 0.416 e. The lowest BCUT2D eigenvalue weighted by Crippen LogP contribution is -2.34. The highest BCUT2D eigenvalue weighted by molar-refractivity contribution is 7.91. The minimum atomic E-state index is -4.70. The molecule has 1 unspecified atom stereocenters. The minimum Gasteiger partial charge on any atom is -0.606 e. The molecule has 1 heterocycles. The molecule has 7 nitrogen and oxygen atoms in total. The summed E-state index contributed by atoms with van der Waals surface area (Å²) in [5, 5.41) is 2.59. The van der Waals surface area contributed by atoms with Gasteiger partial charge in [-0.15, -0.1) is 0 Å². The molecule has 5 aromatic rings. The van der Waals surface area contributed by atoms with Crippen LogP contribution >= 0.6 is 0 Å². The van der Waals surface area contributed by atoms with Gasteiger partial charge in [0.15, 0.2) is 19.6 Å². The van der Waals surface area contributed by atoms with Crippen LogP contribution in [0.2, 0.25) is 0 Å². The zero-order valence-electron chi connectivity index (χ0n) is 25.5. The minimum absolute atomic E-state index is 0.0396. The van der Waals surface area contributed by atoms with E-state index < -0.39 is 49.8 Å². The van der Waals surface area contributed by atoms with Crippen molar-refractivity contribution in [3.05, 3.63) is 153 Å². The largest absolute Gasteiger partial charge is 0.606 e. The summed E-state index contributed by atoms with van der Waals surface area (Å²) >= 11 is -1.97. The third kappa shape index (κ3) is 7.88. The number of hydrogen-bond acceptors (Lipinski definition) is 5. The van der Waals surface area contributed by atoms with E-state index in [0.29, 0.717) is 16.0 Å². The molecule has 12 heteroatoms. The van der Waals surface area contributed by atoms with Crippen molar-refractivity contribution >= 4 is 26.9 Å². The van der Waals surface area contributed by atoms with Gasteiger partial charge in [-0.3, -0.25) is 14.2 Å². The van der Waals surface area contributed by atoms with Crippen molar-refractivity contribution in [2.24, 2.45) is 0 Å². The van der Waals surface area contributed by atoms with Crippen LogP contribution in [0.3, 0.4) is 0 Å². The Bertz CT molecular complexity index is 2210. The Balaban J connectivity index is 1.53. The van der Waals surface area contributed by atoms with Crippen LogP contribution in [0.4, 0.5) is 13.2 Å². The number of nitrogens with one attached hydrogen (secondary N) is 1. The Hall–Kier alpha value is -5.09. The molecule has 0 aliphatic carbocycles. The number of pyridine rings is 1. The molecule has 0 saturated heterocycles. The normalized spacial score (nSPS) is 12.1. The second-order valence-electron chi connectivity index (χ2n) is 10.7. The van der Waals surface area contributed by atoms with Crippen LogP contribution in [0, 0.1) is 18.8 Å². The number of aromatic nitrogens is 1. The molecule has 4 aromatic carbocycles. The van der Waals surface area contributed by atoms with Gasteiger partial charge in [0.1, 0.15) is 5.56 Å². The molecule has 1 amide bonds. The van der Waals surface area contributed by atoms with E-state index in [-0.39, 0.29) is 27.7 Å². The highest BCUT2D eigenvalue weighted by Gasteiger charge is 2.32. The van der Waals surface area contributed by atoms with E-state index >= 15 is 0 Å². The van der Waals surface area contributed by atoms with Crippen LogP contribution in [-0.4, -0.2) is 29.7 Å². The summed E-state index contributed by atoms with van der Waals surface area (Å²) in [7, 11) is -3.44. The van der Waals surface area contributed by atoms with Gasteiger partial charge < -0.3 is 9.87 Å². The first kappa shape index (κ1) is 34.3. The van der Waals surface area contributed by atoms with E-state index in [0.717, 1.165) is 34.6 Å². The monoisotopic (exact) mass is 688 g/mol. The summed E-state index contributed by atoms with van der Waals surface area (Å²) in [5.74, 6) is 5.20. The first-order chi connectivity index (χ1) is 22.7. The number of hydrogen-bond donors (Lipinski definition) is 1. The number of alkyl halides is 3. The van der Waals surface area contributed by atoms with Crippen molar-refractivity contribution in [2.45, 2.75) is 34.3 Å². The predicted octanol–water partition coefficient (Wildman–Crippen LogP) is 6.06. The Morgan fingerprint density at radius 3 is 2.10 bits per heavy atom. The SMILES string of the molecule is Cc1c([S+]([O-])c2ccc(C#Cc3ccccc3)cc2)cc(C(=O)NCc2ccc(S(C)(=O)=O)cc2)c(=O)n1-c1cccc(C(F)(F)F)c1. The molecule has 244 valence electrons. The van der Waals surface area contributed by atoms with Gasteiger partial charge in [0.25, 0.3) is 11.5 Å². The second-order valence-corrected chi connectivity index (χ2v) is 14.2. The number of carbonyl (C=O) groups excluding carboxylic acids is 1. The van der Waals surface area contributed by atoms with Crippen molar-refractivity contribution in [1.82, 2.24) is 9.88 Å². The summed E-state index contributed by atoms with van der Waals surface area (Å²) < 4.78 is 79.3.